The number of nitrogens with one attached hydrogen (secondary N) is 1. The van der Waals surface area contributed by atoms with E-state index >= 15 is 0 Å². The number of ether oxygens (including phenoxy) is 1. The maximum absolute atomic E-state index is 12.1. The standard InChI is InChI=1S/C10H13ClN4O3S/c1-6(9(17)15-2-4-18-5-3-15)12-7(16)8-13-14-10(11)19-8/h6H,2-5H2,1H3,(H,12,16). The molecule has 9 heteroatoms. The van der Waals surface area contributed by atoms with E-state index in [1.165, 1.54) is 0 Å². The van der Waals surface area contributed by atoms with Gasteiger partial charge in [0.05, 0.1) is 13.2 Å². The normalized spacial score (nSPS) is 17.1. The van der Waals surface area contributed by atoms with Gasteiger partial charge >= 0.3 is 0 Å². The highest BCUT2D eigenvalue weighted by molar-refractivity contribution is 7.17. The van der Waals surface area contributed by atoms with Gasteiger partial charge < -0.3 is 15.0 Å². The zero-order chi connectivity index (χ0) is 13.8. The molecule has 1 fully saturated rings. The number of nitrogens with zero attached hydrogens (tertiary/aromatic N) is 3. The third-order valence-corrected chi connectivity index (χ3v) is 3.65. The first-order valence-corrected chi connectivity index (χ1v) is 6.94. The number of amides is 2. The van der Waals surface area contributed by atoms with E-state index in [0.29, 0.717) is 26.3 Å². The molecule has 0 bridgehead atoms. The van der Waals surface area contributed by atoms with E-state index in [9.17, 15) is 9.59 Å². The SMILES string of the molecule is CC(NC(=O)c1nnc(Cl)s1)C(=O)N1CCOCC1. The fraction of sp³-hybridized carbons (Fsp3) is 0.600. The van der Waals surface area contributed by atoms with Crippen molar-refractivity contribution in [2.45, 2.75) is 13.0 Å². The van der Waals surface area contributed by atoms with E-state index in [4.69, 9.17) is 16.3 Å². The van der Waals surface area contributed by atoms with Gasteiger partial charge in [0.2, 0.25) is 15.4 Å². The molecule has 0 saturated carbocycles. The molecule has 7 nitrogen and oxygen atoms in total. The molecule has 104 valence electrons. The summed E-state index contributed by atoms with van der Waals surface area (Å²) in [6.45, 7) is 3.78. The van der Waals surface area contributed by atoms with Crippen molar-refractivity contribution >= 4 is 34.8 Å². The number of hydrogen-bond donors (Lipinski definition) is 1. The number of aromatic nitrogens is 2. The Balaban J connectivity index is 1.91. The summed E-state index contributed by atoms with van der Waals surface area (Å²) in [5.41, 5.74) is 0. The van der Waals surface area contributed by atoms with Gasteiger partial charge in [-0.05, 0) is 18.5 Å². The first-order chi connectivity index (χ1) is 9.08. The second-order valence-electron chi connectivity index (χ2n) is 3.99. The minimum absolute atomic E-state index is 0.132. The Labute approximate surface area is 118 Å². The first-order valence-electron chi connectivity index (χ1n) is 5.74. The van der Waals surface area contributed by atoms with Crippen LogP contribution in [0.3, 0.4) is 0 Å². The second kappa shape index (κ2) is 6.27. The van der Waals surface area contributed by atoms with E-state index in [1.807, 2.05) is 0 Å². The highest BCUT2D eigenvalue weighted by Gasteiger charge is 2.25. The van der Waals surface area contributed by atoms with E-state index in [1.54, 1.807) is 11.8 Å². The predicted molar refractivity (Wildman–Crippen MR) is 69.2 cm³/mol. The third-order valence-electron chi connectivity index (χ3n) is 2.64. The molecule has 1 aliphatic rings. The molecular formula is C10H13ClN4O3S. The van der Waals surface area contributed by atoms with E-state index in [-0.39, 0.29) is 15.4 Å². The Morgan fingerprint density at radius 3 is 2.68 bits per heavy atom. The quantitative estimate of drug-likeness (QED) is 0.860. The summed E-state index contributed by atoms with van der Waals surface area (Å²) < 4.78 is 5.36. The van der Waals surface area contributed by atoms with Crippen molar-refractivity contribution in [1.29, 1.82) is 0 Å². The van der Waals surface area contributed by atoms with Gasteiger partial charge in [-0.25, -0.2) is 0 Å². The summed E-state index contributed by atoms with van der Waals surface area (Å²) in [7, 11) is 0. The minimum atomic E-state index is -0.617. The average Bonchev–Trinajstić information content (AvgIpc) is 2.85. The molecule has 0 spiro atoms. The van der Waals surface area contributed by atoms with Gasteiger partial charge in [0.15, 0.2) is 0 Å². The molecule has 1 N–H and O–H groups in total. The van der Waals surface area contributed by atoms with Crippen LogP contribution in [-0.2, 0) is 9.53 Å². The number of rotatable bonds is 3. The van der Waals surface area contributed by atoms with Gasteiger partial charge in [0.1, 0.15) is 6.04 Å². The van der Waals surface area contributed by atoms with Gasteiger partial charge in [0, 0.05) is 13.1 Å². The summed E-state index contributed by atoms with van der Waals surface area (Å²) in [6.07, 6.45) is 0. The van der Waals surface area contributed by atoms with Crippen LogP contribution >= 0.6 is 22.9 Å². The van der Waals surface area contributed by atoms with Crippen molar-refractivity contribution < 1.29 is 14.3 Å². The smallest absolute Gasteiger partial charge is 0.282 e. The molecule has 0 radical (unpaired) electrons. The first kappa shape index (κ1) is 14.2. The molecule has 1 saturated heterocycles. The maximum Gasteiger partial charge on any atom is 0.282 e. The molecular weight excluding hydrogens is 292 g/mol. The van der Waals surface area contributed by atoms with Crippen LogP contribution in [0.2, 0.25) is 4.47 Å². The molecule has 2 heterocycles. The van der Waals surface area contributed by atoms with Crippen molar-refractivity contribution in [3.05, 3.63) is 9.47 Å². The van der Waals surface area contributed by atoms with Crippen LogP contribution < -0.4 is 5.32 Å². The summed E-state index contributed by atoms with van der Waals surface area (Å²) in [4.78, 5) is 25.5. The number of carbonyl (C=O) groups excluding carboxylic acids is 2. The largest absolute Gasteiger partial charge is 0.378 e. The van der Waals surface area contributed by atoms with Crippen molar-refractivity contribution in [3.8, 4) is 0 Å². The summed E-state index contributed by atoms with van der Waals surface area (Å²) in [5, 5.41) is 9.89. The average molecular weight is 305 g/mol. The van der Waals surface area contributed by atoms with Gasteiger partial charge in [0.25, 0.3) is 5.91 Å². The van der Waals surface area contributed by atoms with Crippen LogP contribution in [0, 0.1) is 0 Å². The Hall–Kier alpha value is -1.25. The van der Waals surface area contributed by atoms with E-state index < -0.39 is 11.9 Å². The van der Waals surface area contributed by atoms with E-state index in [2.05, 4.69) is 15.5 Å². The van der Waals surface area contributed by atoms with Gasteiger partial charge in [-0.15, -0.1) is 10.2 Å². The summed E-state index contributed by atoms with van der Waals surface area (Å²) in [6, 6.07) is -0.617. The topological polar surface area (TPSA) is 84.4 Å². The fourth-order valence-electron chi connectivity index (χ4n) is 1.67. The molecule has 1 atom stereocenters. The molecule has 1 aromatic rings. The highest BCUT2D eigenvalue weighted by atomic mass is 35.5. The monoisotopic (exact) mass is 304 g/mol. The van der Waals surface area contributed by atoms with Crippen LogP contribution in [0.1, 0.15) is 16.7 Å². The van der Waals surface area contributed by atoms with Gasteiger partial charge in [-0.3, -0.25) is 9.59 Å². The van der Waals surface area contributed by atoms with Crippen LogP contribution in [0.15, 0.2) is 0 Å². The second-order valence-corrected chi connectivity index (χ2v) is 5.55. The lowest BCUT2D eigenvalue weighted by Crippen LogP contribution is -2.50. The predicted octanol–water partition coefficient (Wildman–Crippen LogP) is 0.169. The number of morpholine rings is 1. The third kappa shape index (κ3) is 3.62. The molecule has 19 heavy (non-hydrogen) atoms. The van der Waals surface area contributed by atoms with Gasteiger partial charge in [-0.1, -0.05) is 11.3 Å². The number of hydrogen-bond acceptors (Lipinski definition) is 6. The van der Waals surface area contributed by atoms with Crippen LogP contribution in [0.4, 0.5) is 0 Å². The zero-order valence-corrected chi connectivity index (χ0v) is 11.8. The highest BCUT2D eigenvalue weighted by Crippen LogP contribution is 2.14. The molecule has 2 rings (SSSR count). The Kier molecular flexibility index (Phi) is 4.67. The van der Waals surface area contributed by atoms with Crippen LogP contribution in [0.5, 0.6) is 0 Å². The molecule has 1 aliphatic heterocycles. The molecule has 0 aliphatic carbocycles. The molecule has 1 aromatic heterocycles. The Morgan fingerprint density at radius 2 is 2.11 bits per heavy atom. The zero-order valence-electron chi connectivity index (χ0n) is 10.3. The van der Waals surface area contributed by atoms with Crippen LogP contribution in [0.25, 0.3) is 0 Å². The number of carbonyl (C=O) groups is 2. The lowest BCUT2D eigenvalue weighted by atomic mass is 10.2. The Morgan fingerprint density at radius 1 is 1.42 bits per heavy atom. The maximum atomic E-state index is 12.1. The lowest BCUT2D eigenvalue weighted by molar-refractivity contribution is -0.136. The van der Waals surface area contributed by atoms with E-state index in [0.717, 1.165) is 11.3 Å². The van der Waals surface area contributed by atoms with Crippen molar-refractivity contribution in [1.82, 2.24) is 20.4 Å². The summed E-state index contributed by atoms with van der Waals surface area (Å²) >= 11 is 6.57. The minimum Gasteiger partial charge on any atom is -0.378 e. The van der Waals surface area contributed by atoms with Gasteiger partial charge in [-0.2, -0.15) is 0 Å². The number of halogens is 1. The molecule has 1 unspecified atom stereocenters. The van der Waals surface area contributed by atoms with Crippen molar-refractivity contribution in [2.75, 3.05) is 26.3 Å². The Bertz CT molecular complexity index is 475. The van der Waals surface area contributed by atoms with Crippen molar-refractivity contribution in [2.24, 2.45) is 0 Å². The summed E-state index contributed by atoms with van der Waals surface area (Å²) in [5.74, 6) is -0.578. The molecule has 2 amide bonds. The van der Waals surface area contributed by atoms with Crippen molar-refractivity contribution in [3.63, 3.8) is 0 Å². The lowest BCUT2D eigenvalue weighted by Gasteiger charge is -2.29. The fourth-order valence-corrected chi connectivity index (χ4v) is 2.41. The molecule has 0 aromatic carbocycles. The van der Waals surface area contributed by atoms with Crippen LogP contribution in [-0.4, -0.2) is 59.3 Å².